The lowest BCUT2D eigenvalue weighted by Gasteiger charge is -2.13. The Kier molecular flexibility index (Phi) is 6.86. The number of hydrogen-bond acceptors (Lipinski definition) is 5. The second-order valence-corrected chi connectivity index (χ2v) is 7.23. The van der Waals surface area contributed by atoms with Gasteiger partial charge in [0, 0.05) is 0 Å². The topological polar surface area (TPSA) is 79.9 Å². The first-order valence-corrected chi connectivity index (χ1v) is 9.88. The summed E-state index contributed by atoms with van der Waals surface area (Å²) in [5.74, 6) is 1.16. The van der Waals surface area contributed by atoms with Crippen molar-refractivity contribution in [2.24, 2.45) is 0 Å². The van der Waals surface area contributed by atoms with Gasteiger partial charge in [-0.2, -0.15) is 0 Å². The molecule has 6 nitrogen and oxygen atoms in total. The Morgan fingerprint density at radius 3 is 2.71 bits per heavy atom. The van der Waals surface area contributed by atoms with Crippen molar-refractivity contribution < 1.29 is 9.53 Å². The predicted octanol–water partition coefficient (Wildman–Crippen LogP) is 4.49. The molecule has 0 fully saturated rings. The highest BCUT2D eigenvalue weighted by Gasteiger charge is 2.18. The molecule has 0 aliphatic carbocycles. The number of H-pyrrole nitrogens is 1. The van der Waals surface area contributed by atoms with Crippen LogP contribution in [0.5, 0.6) is 5.75 Å². The predicted molar refractivity (Wildman–Crippen MR) is 113 cm³/mol. The lowest BCUT2D eigenvalue weighted by Crippen LogP contribution is -2.22. The molecular weight excluding hydrogens is 372 g/mol. The monoisotopic (exact) mass is 394 g/mol. The number of carbonyl (C=O) groups is 1. The molecule has 0 bridgehead atoms. The van der Waals surface area contributed by atoms with Crippen LogP contribution in [0.3, 0.4) is 0 Å². The number of para-hydroxylation sites is 2. The number of rotatable bonds is 8. The Hall–Kier alpha value is -3.06. The number of nitrogens with one attached hydrogen (secondary N) is 2. The van der Waals surface area contributed by atoms with Gasteiger partial charge < -0.3 is 10.1 Å². The average molecular weight is 395 g/mol. The van der Waals surface area contributed by atoms with Gasteiger partial charge in [-0.1, -0.05) is 60.3 Å². The van der Waals surface area contributed by atoms with Gasteiger partial charge in [0.05, 0.1) is 17.5 Å². The fraction of sp³-hybridized carbons (Fsp3) is 0.190. The SMILES string of the molecule is CCOc1ccccc1NC(=O)C(C)Sc1n[nH]c(/C=C/c2ccccc2)n1. The number of thioether (sulfide) groups is 1. The molecular formula is C21H22N4O2S. The summed E-state index contributed by atoms with van der Waals surface area (Å²) < 4.78 is 5.54. The molecule has 3 aromatic rings. The number of benzene rings is 2. The highest BCUT2D eigenvalue weighted by Crippen LogP contribution is 2.26. The molecule has 0 saturated heterocycles. The van der Waals surface area contributed by atoms with E-state index in [1.807, 2.05) is 80.6 Å². The quantitative estimate of drug-likeness (QED) is 0.550. The Morgan fingerprint density at radius 2 is 1.93 bits per heavy atom. The van der Waals surface area contributed by atoms with E-state index in [0.717, 1.165) is 5.56 Å². The van der Waals surface area contributed by atoms with E-state index in [2.05, 4.69) is 20.5 Å². The number of ether oxygens (including phenoxy) is 1. The van der Waals surface area contributed by atoms with Crippen molar-refractivity contribution in [3.63, 3.8) is 0 Å². The number of aromatic amines is 1. The van der Waals surface area contributed by atoms with Gasteiger partial charge in [-0.25, -0.2) is 4.98 Å². The van der Waals surface area contributed by atoms with E-state index in [-0.39, 0.29) is 11.2 Å². The standard InChI is InChI=1S/C21H22N4O2S/c1-3-27-18-12-8-7-11-17(18)22-20(26)15(2)28-21-23-19(24-25-21)14-13-16-9-5-4-6-10-16/h4-15H,3H2,1-2H3,(H,22,26)(H,23,24,25)/b14-13+. The fourth-order valence-electron chi connectivity index (χ4n) is 2.42. The summed E-state index contributed by atoms with van der Waals surface area (Å²) in [6.07, 6.45) is 3.81. The Morgan fingerprint density at radius 1 is 1.18 bits per heavy atom. The van der Waals surface area contributed by atoms with Crippen LogP contribution in [-0.4, -0.2) is 32.9 Å². The number of carbonyl (C=O) groups excluding carboxylic acids is 1. The van der Waals surface area contributed by atoms with Crippen LogP contribution < -0.4 is 10.1 Å². The Labute approximate surface area is 168 Å². The summed E-state index contributed by atoms with van der Waals surface area (Å²) in [6.45, 7) is 4.26. The van der Waals surface area contributed by atoms with Crippen molar-refractivity contribution in [1.82, 2.24) is 15.2 Å². The lowest BCUT2D eigenvalue weighted by atomic mass is 10.2. The zero-order chi connectivity index (χ0) is 19.8. The summed E-state index contributed by atoms with van der Waals surface area (Å²) in [4.78, 5) is 16.9. The summed E-state index contributed by atoms with van der Waals surface area (Å²) in [5, 5.41) is 10.1. The summed E-state index contributed by atoms with van der Waals surface area (Å²) in [6, 6.07) is 17.3. The van der Waals surface area contributed by atoms with E-state index in [0.29, 0.717) is 29.0 Å². The normalized spacial score (nSPS) is 12.1. The van der Waals surface area contributed by atoms with Gasteiger partial charge in [0.2, 0.25) is 11.1 Å². The van der Waals surface area contributed by atoms with E-state index in [9.17, 15) is 4.79 Å². The molecule has 1 amide bonds. The smallest absolute Gasteiger partial charge is 0.237 e. The Bertz CT molecular complexity index is 940. The molecule has 0 spiro atoms. The molecule has 1 unspecified atom stereocenters. The molecule has 1 aromatic heterocycles. The summed E-state index contributed by atoms with van der Waals surface area (Å²) >= 11 is 1.29. The molecule has 144 valence electrons. The van der Waals surface area contributed by atoms with Crippen LogP contribution >= 0.6 is 11.8 Å². The molecule has 0 aliphatic rings. The molecule has 0 aliphatic heterocycles. The van der Waals surface area contributed by atoms with Crippen LogP contribution in [-0.2, 0) is 4.79 Å². The van der Waals surface area contributed by atoms with Crippen LogP contribution in [0.1, 0.15) is 25.2 Å². The van der Waals surface area contributed by atoms with Gasteiger partial charge in [-0.05, 0) is 37.6 Å². The van der Waals surface area contributed by atoms with Crippen molar-refractivity contribution in [3.8, 4) is 5.75 Å². The van der Waals surface area contributed by atoms with Crippen molar-refractivity contribution in [2.75, 3.05) is 11.9 Å². The van der Waals surface area contributed by atoms with Gasteiger partial charge in [-0.3, -0.25) is 9.89 Å². The maximum absolute atomic E-state index is 12.5. The molecule has 0 saturated carbocycles. The van der Waals surface area contributed by atoms with Crippen LogP contribution in [0.2, 0.25) is 0 Å². The minimum Gasteiger partial charge on any atom is -0.492 e. The average Bonchev–Trinajstić information content (AvgIpc) is 3.16. The minimum absolute atomic E-state index is 0.136. The van der Waals surface area contributed by atoms with Crippen molar-refractivity contribution >= 4 is 35.5 Å². The molecule has 28 heavy (non-hydrogen) atoms. The first-order valence-electron chi connectivity index (χ1n) is 9.00. The van der Waals surface area contributed by atoms with Gasteiger partial charge in [0.1, 0.15) is 11.6 Å². The molecule has 2 N–H and O–H groups in total. The zero-order valence-electron chi connectivity index (χ0n) is 15.8. The van der Waals surface area contributed by atoms with E-state index in [4.69, 9.17) is 4.74 Å². The van der Waals surface area contributed by atoms with E-state index in [1.54, 1.807) is 0 Å². The summed E-state index contributed by atoms with van der Waals surface area (Å²) in [5.41, 5.74) is 1.73. The third-order valence-electron chi connectivity index (χ3n) is 3.81. The first kappa shape index (κ1) is 19.7. The second kappa shape index (κ2) is 9.75. The lowest BCUT2D eigenvalue weighted by molar-refractivity contribution is -0.115. The number of anilines is 1. The van der Waals surface area contributed by atoms with Gasteiger partial charge in [0.15, 0.2) is 0 Å². The minimum atomic E-state index is -0.364. The molecule has 0 radical (unpaired) electrons. The highest BCUT2D eigenvalue weighted by atomic mass is 32.2. The molecule has 3 rings (SSSR count). The second-order valence-electron chi connectivity index (χ2n) is 5.93. The number of nitrogens with zero attached hydrogens (tertiary/aromatic N) is 2. The van der Waals surface area contributed by atoms with E-state index in [1.165, 1.54) is 11.8 Å². The molecule has 7 heteroatoms. The van der Waals surface area contributed by atoms with Crippen LogP contribution in [0.4, 0.5) is 5.69 Å². The molecule has 2 aromatic carbocycles. The number of amides is 1. The summed E-state index contributed by atoms with van der Waals surface area (Å²) in [7, 11) is 0. The van der Waals surface area contributed by atoms with Crippen LogP contribution in [0.25, 0.3) is 12.2 Å². The van der Waals surface area contributed by atoms with Gasteiger partial charge in [0.25, 0.3) is 0 Å². The third-order valence-corrected chi connectivity index (χ3v) is 4.77. The number of aromatic nitrogens is 3. The zero-order valence-corrected chi connectivity index (χ0v) is 16.6. The molecule has 1 atom stereocenters. The van der Waals surface area contributed by atoms with Crippen LogP contribution in [0.15, 0.2) is 59.8 Å². The first-order chi connectivity index (χ1) is 13.7. The highest BCUT2D eigenvalue weighted by molar-refractivity contribution is 8.00. The van der Waals surface area contributed by atoms with Crippen molar-refractivity contribution in [2.45, 2.75) is 24.3 Å². The maximum atomic E-state index is 12.5. The van der Waals surface area contributed by atoms with Gasteiger partial charge >= 0.3 is 0 Å². The third kappa shape index (κ3) is 5.47. The van der Waals surface area contributed by atoms with E-state index >= 15 is 0 Å². The van der Waals surface area contributed by atoms with Crippen LogP contribution in [0, 0.1) is 0 Å². The van der Waals surface area contributed by atoms with Gasteiger partial charge in [-0.15, -0.1) is 5.10 Å². The van der Waals surface area contributed by atoms with Crippen molar-refractivity contribution in [3.05, 3.63) is 66.0 Å². The fourth-order valence-corrected chi connectivity index (χ4v) is 3.15. The molecule has 1 heterocycles. The number of hydrogen-bond donors (Lipinski definition) is 2. The van der Waals surface area contributed by atoms with Crippen molar-refractivity contribution in [1.29, 1.82) is 0 Å². The largest absolute Gasteiger partial charge is 0.492 e. The Balaban J connectivity index is 1.59. The maximum Gasteiger partial charge on any atom is 0.237 e. The van der Waals surface area contributed by atoms with E-state index < -0.39 is 0 Å².